The molecule has 0 atom stereocenters. The Morgan fingerprint density at radius 3 is 2.48 bits per heavy atom. The van der Waals surface area contributed by atoms with E-state index in [1.54, 1.807) is 32.9 Å². The van der Waals surface area contributed by atoms with E-state index in [1.807, 2.05) is 0 Å². The van der Waals surface area contributed by atoms with Crippen LogP contribution in [-0.4, -0.2) is 15.9 Å². The lowest BCUT2D eigenvalue weighted by Crippen LogP contribution is -2.18. The second-order valence-corrected chi connectivity index (χ2v) is 5.03. The lowest BCUT2D eigenvalue weighted by Gasteiger charge is -2.11. The molecule has 0 radical (unpaired) electrons. The predicted octanol–water partition coefficient (Wildman–Crippen LogP) is 3.55. The van der Waals surface area contributed by atoms with Crippen molar-refractivity contribution in [3.63, 3.8) is 0 Å². The Labute approximate surface area is 119 Å². The summed E-state index contributed by atoms with van der Waals surface area (Å²) in [6, 6.07) is 4.13. The Morgan fingerprint density at radius 2 is 1.90 bits per heavy atom. The van der Waals surface area contributed by atoms with Crippen molar-refractivity contribution < 1.29 is 18.0 Å². The van der Waals surface area contributed by atoms with Gasteiger partial charge in [0.05, 0.1) is 0 Å². The molecular formula is C14H14F3N3O. The number of hydrogen-bond acceptors (Lipinski definition) is 3. The molecule has 0 aliphatic heterocycles. The Hall–Kier alpha value is -2.18. The molecule has 2 rings (SSSR count). The summed E-state index contributed by atoms with van der Waals surface area (Å²) in [7, 11) is 0. The quantitative estimate of drug-likeness (QED) is 0.922. The lowest BCUT2D eigenvalue weighted by molar-refractivity contribution is -0.141. The van der Waals surface area contributed by atoms with Crippen LogP contribution in [0.25, 0.3) is 11.0 Å². The van der Waals surface area contributed by atoms with Gasteiger partial charge in [0.1, 0.15) is 11.5 Å². The summed E-state index contributed by atoms with van der Waals surface area (Å²) in [6.45, 7) is 4.98. The van der Waals surface area contributed by atoms with Gasteiger partial charge in [-0.25, -0.2) is 9.97 Å². The number of nitrogens with zero attached hydrogens (tertiary/aromatic N) is 2. The highest BCUT2D eigenvalue weighted by Crippen LogP contribution is 2.30. The Kier molecular flexibility index (Phi) is 3.85. The van der Waals surface area contributed by atoms with Crippen LogP contribution in [0.2, 0.25) is 0 Å². The molecule has 1 amide bonds. The first-order valence-corrected chi connectivity index (χ1v) is 6.35. The van der Waals surface area contributed by atoms with E-state index in [-0.39, 0.29) is 23.3 Å². The number of fused-ring (bicyclic) bond motifs is 1. The average molecular weight is 297 g/mol. The van der Waals surface area contributed by atoms with Crippen LogP contribution < -0.4 is 5.32 Å². The molecule has 0 fully saturated rings. The third kappa shape index (κ3) is 3.29. The molecule has 0 aliphatic rings. The largest absolute Gasteiger partial charge is 0.433 e. The molecule has 2 heterocycles. The number of alkyl halides is 3. The summed E-state index contributed by atoms with van der Waals surface area (Å²) >= 11 is 0. The zero-order valence-electron chi connectivity index (χ0n) is 11.7. The number of carbonyl (C=O) groups excluding carboxylic acids is 1. The summed E-state index contributed by atoms with van der Waals surface area (Å²) in [4.78, 5) is 19.1. The fraction of sp³-hybridized carbons (Fsp3) is 0.357. The van der Waals surface area contributed by atoms with Crippen molar-refractivity contribution in [2.45, 2.75) is 26.9 Å². The minimum atomic E-state index is -4.53. The lowest BCUT2D eigenvalue weighted by atomic mass is 10.1. The molecule has 21 heavy (non-hydrogen) atoms. The van der Waals surface area contributed by atoms with E-state index in [0.29, 0.717) is 10.9 Å². The Morgan fingerprint density at radius 1 is 1.24 bits per heavy atom. The van der Waals surface area contributed by atoms with E-state index in [4.69, 9.17) is 0 Å². The van der Waals surface area contributed by atoms with E-state index in [1.165, 1.54) is 0 Å². The Bertz CT molecular complexity index is 696. The molecule has 0 spiro atoms. The van der Waals surface area contributed by atoms with Crippen LogP contribution in [0.3, 0.4) is 0 Å². The fourth-order valence-electron chi connectivity index (χ4n) is 1.76. The number of nitrogens with one attached hydrogen (secondary N) is 1. The van der Waals surface area contributed by atoms with E-state index < -0.39 is 11.9 Å². The summed E-state index contributed by atoms with van der Waals surface area (Å²) in [5.41, 5.74) is -0.599. The maximum atomic E-state index is 12.8. The smallest absolute Gasteiger partial charge is 0.310 e. The minimum absolute atomic E-state index is 0.0381. The van der Waals surface area contributed by atoms with E-state index in [0.717, 1.165) is 6.07 Å². The van der Waals surface area contributed by atoms with Gasteiger partial charge in [0.2, 0.25) is 5.91 Å². The molecule has 0 saturated carbocycles. The van der Waals surface area contributed by atoms with Crippen molar-refractivity contribution in [2.75, 3.05) is 5.32 Å². The van der Waals surface area contributed by atoms with Gasteiger partial charge >= 0.3 is 6.18 Å². The topological polar surface area (TPSA) is 54.9 Å². The molecule has 2 aromatic heterocycles. The molecule has 112 valence electrons. The third-order valence-corrected chi connectivity index (χ3v) is 2.95. The number of carbonyl (C=O) groups is 1. The zero-order valence-corrected chi connectivity index (χ0v) is 11.7. The monoisotopic (exact) mass is 297 g/mol. The zero-order chi connectivity index (χ0) is 15.8. The second-order valence-electron chi connectivity index (χ2n) is 5.03. The van der Waals surface area contributed by atoms with Gasteiger partial charge in [-0.1, -0.05) is 13.8 Å². The van der Waals surface area contributed by atoms with Crippen LogP contribution in [-0.2, 0) is 11.0 Å². The van der Waals surface area contributed by atoms with E-state index >= 15 is 0 Å². The summed E-state index contributed by atoms with van der Waals surface area (Å²) < 4.78 is 38.3. The fourth-order valence-corrected chi connectivity index (χ4v) is 1.76. The first kappa shape index (κ1) is 15.2. The summed E-state index contributed by atoms with van der Waals surface area (Å²) in [6.07, 6.45) is -4.53. The standard InChI is InChI=1S/C14H14F3N3O/c1-7(2)13(21)20-11-5-4-9-8(3)6-10(14(15,16)17)18-12(9)19-11/h4-7H,1-3H3,(H,18,19,20,21). The molecule has 0 aromatic carbocycles. The average Bonchev–Trinajstić information content (AvgIpc) is 2.37. The van der Waals surface area contributed by atoms with Crippen molar-refractivity contribution in [1.29, 1.82) is 0 Å². The van der Waals surface area contributed by atoms with Crippen molar-refractivity contribution in [3.05, 3.63) is 29.5 Å². The predicted molar refractivity (Wildman–Crippen MR) is 72.7 cm³/mol. The van der Waals surface area contributed by atoms with E-state index in [9.17, 15) is 18.0 Å². The van der Waals surface area contributed by atoms with Crippen LogP contribution in [0.15, 0.2) is 18.2 Å². The molecule has 1 N–H and O–H groups in total. The highest BCUT2D eigenvalue weighted by atomic mass is 19.4. The number of halogens is 3. The molecule has 0 saturated heterocycles. The highest BCUT2D eigenvalue weighted by molar-refractivity contribution is 5.92. The molecule has 0 bridgehead atoms. The molecule has 2 aromatic rings. The molecule has 0 unspecified atom stereocenters. The van der Waals surface area contributed by atoms with Crippen LogP contribution in [0.5, 0.6) is 0 Å². The molecular weight excluding hydrogens is 283 g/mol. The van der Waals surface area contributed by atoms with Gasteiger partial charge in [-0.3, -0.25) is 4.79 Å². The van der Waals surface area contributed by atoms with Gasteiger partial charge in [-0.15, -0.1) is 0 Å². The van der Waals surface area contributed by atoms with Gasteiger partial charge in [-0.2, -0.15) is 13.2 Å². The number of pyridine rings is 2. The Balaban J connectivity index is 2.48. The van der Waals surface area contributed by atoms with Crippen LogP contribution in [0.1, 0.15) is 25.1 Å². The maximum Gasteiger partial charge on any atom is 0.433 e. The third-order valence-electron chi connectivity index (χ3n) is 2.95. The van der Waals surface area contributed by atoms with Crippen molar-refractivity contribution in [1.82, 2.24) is 9.97 Å². The van der Waals surface area contributed by atoms with Gasteiger partial charge in [-0.05, 0) is 30.7 Å². The normalized spacial score (nSPS) is 12.0. The van der Waals surface area contributed by atoms with Gasteiger partial charge in [0.25, 0.3) is 0 Å². The number of amides is 1. The molecule has 4 nitrogen and oxygen atoms in total. The number of rotatable bonds is 2. The van der Waals surface area contributed by atoms with Crippen LogP contribution in [0, 0.1) is 12.8 Å². The van der Waals surface area contributed by atoms with Crippen molar-refractivity contribution in [2.24, 2.45) is 5.92 Å². The number of aryl methyl sites for hydroxylation is 1. The molecule has 7 heteroatoms. The SMILES string of the molecule is Cc1cc(C(F)(F)F)nc2nc(NC(=O)C(C)C)ccc12. The van der Waals surface area contributed by atoms with Crippen LogP contribution in [0.4, 0.5) is 19.0 Å². The number of anilines is 1. The first-order chi connectivity index (χ1) is 9.68. The van der Waals surface area contributed by atoms with E-state index in [2.05, 4.69) is 15.3 Å². The van der Waals surface area contributed by atoms with Gasteiger partial charge in [0, 0.05) is 11.3 Å². The van der Waals surface area contributed by atoms with Gasteiger partial charge < -0.3 is 5.32 Å². The summed E-state index contributed by atoms with van der Waals surface area (Å²) in [5.74, 6) is -0.323. The van der Waals surface area contributed by atoms with Crippen LogP contribution >= 0.6 is 0 Å². The van der Waals surface area contributed by atoms with Gasteiger partial charge in [0.15, 0.2) is 5.65 Å². The number of hydrogen-bond donors (Lipinski definition) is 1. The first-order valence-electron chi connectivity index (χ1n) is 6.35. The minimum Gasteiger partial charge on any atom is -0.310 e. The highest BCUT2D eigenvalue weighted by Gasteiger charge is 2.33. The maximum absolute atomic E-state index is 12.8. The van der Waals surface area contributed by atoms with Crippen molar-refractivity contribution >= 4 is 22.8 Å². The second kappa shape index (κ2) is 5.31. The van der Waals surface area contributed by atoms with Crippen molar-refractivity contribution in [3.8, 4) is 0 Å². The molecule has 0 aliphatic carbocycles. The summed E-state index contributed by atoms with van der Waals surface area (Å²) in [5, 5.41) is 3.06. The number of aromatic nitrogens is 2.